The number of rotatable bonds is 23. The van der Waals surface area contributed by atoms with E-state index in [4.69, 9.17) is 18.0 Å². The van der Waals surface area contributed by atoms with Crippen molar-refractivity contribution in [3.05, 3.63) is 29.3 Å². The molecule has 2 N–H and O–H groups in total. The number of benzene rings is 1. The van der Waals surface area contributed by atoms with Crippen LogP contribution in [-0.2, 0) is 30.8 Å². The van der Waals surface area contributed by atoms with Crippen molar-refractivity contribution in [1.82, 2.24) is 0 Å². The van der Waals surface area contributed by atoms with Crippen LogP contribution >= 0.6 is 33.8 Å². The zero-order valence-corrected chi connectivity index (χ0v) is 28.0. The third kappa shape index (κ3) is 21.3. The van der Waals surface area contributed by atoms with Gasteiger partial charge in [0.15, 0.2) is 0 Å². The summed E-state index contributed by atoms with van der Waals surface area (Å²) >= 11 is 8.34. The van der Waals surface area contributed by atoms with E-state index < -0.39 is 0 Å². The number of unbranched alkanes of at least 4 members (excludes halogenated alkanes) is 18. The van der Waals surface area contributed by atoms with Gasteiger partial charge in [0.25, 0.3) is 0 Å². The van der Waals surface area contributed by atoms with E-state index in [9.17, 15) is 0 Å². The summed E-state index contributed by atoms with van der Waals surface area (Å²) in [5.41, 5.74) is 8.96. The van der Waals surface area contributed by atoms with Gasteiger partial charge in [-0.2, -0.15) is 0 Å². The van der Waals surface area contributed by atoms with Crippen LogP contribution in [0.4, 0.5) is 0 Å². The molecule has 1 aromatic carbocycles. The average molecular weight is 634 g/mol. The third-order valence-electron chi connectivity index (χ3n) is 7.02. The van der Waals surface area contributed by atoms with E-state index in [1.165, 1.54) is 175 Å². The van der Waals surface area contributed by atoms with Crippen molar-refractivity contribution in [2.45, 2.75) is 160 Å². The van der Waals surface area contributed by atoms with Crippen LogP contribution in [0.5, 0.6) is 0 Å². The van der Waals surface area contributed by atoms with E-state index in [1.54, 1.807) is 11.8 Å². The first-order chi connectivity index (χ1) is 17.7. The summed E-state index contributed by atoms with van der Waals surface area (Å²) in [4.78, 5) is 1.30. The predicted octanol–water partition coefficient (Wildman–Crippen LogP) is 11.6. The van der Waals surface area contributed by atoms with E-state index in [-0.39, 0.29) is 0 Å². The molecule has 208 valence electrons. The fraction of sp³-hybridized carbons (Fsp3) is 0.774. The van der Waals surface area contributed by atoms with Crippen molar-refractivity contribution in [1.29, 1.82) is 0 Å². The standard InChI is InChI=1S/C31H55NS2.Mo.S/c1-3-5-7-9-11-13-15-17-19-21-24-28-25-23-27-30(34-31(32)33)29(28)26-22-20-18-16-14-12-10-8-6-4-2;;/h23,25,27H,3-22,24,26H2,1-2H3,(H2,32,33);;. The minimum absolute atomic E-state index is 0.542. The summed E-state index contributed by atoms with van der Waals surface area (Å²) in [5, 5.41) is 0. The van der Waals surface area contributed by atoms with Gasteiger partial charge in [-0.3, -0.25) is 0 Å². The number of nitrogens with two attached hydrogens (primary N) is 1. The Hall–Kier alpha value is 0.368. The number of hydrogen-bond donors (Lipinski definition) is 1. The number of aryl methyl sites for hydroxylation is 1. The molecular weight excluding hydrogens is 578 g/mol. The Labute approximate surface area is 249 Å². The average Bonchev–Trinajstić information content (AvgIpc) is 2.88. The van der Waals surface area contributed by atoms with E-state index >= 15 is 0 Å². The van der Waals surface area contributed by atoms with Crippen molar-refractivity contribution in [3.63, 3.8) is 0 Å². The Balaban J connectivity index is 0.00000596. The van der Waals surface area contributed by atoms with Gasteiger partial charge >= 0.3 is 27.8 Å². The molecule has 1 aromatic rings. The van der Waals surface area contributed by atoms with Crippen LogP contribution in [0.2, 0.25) is 0 Å². The maximum absolute atomic E-state index is 5.90. The number of thiocarbonyl (C=S) groups is 1. The molecule has 0 saturated heterocycles. The second kappa shape index (κ2) is 28.4. The molecule has 0 spiro atoms. The summed E-state index contributed by atoms with van der Waals surface area (Å²) in [7, 11) is 4.09. The molecule has 0 aliphatic carbocycles. The van der Waals surface area contributed by atoms with Crippen LogP contribution < -0.4 is 5.73 Å². The van der Waals surface area contributed by atoms with Crippen LogP contribution in [0.1, 0.15) is 153 Å². The Morgan fingerprint density at radius 2 is 1.03 bits per heavy atom. The van der Waals surface area contributed by atoms with Crippen molar-refractivity contribution >= 4 is 38.1 Å². The first-order valence-electron chi connectivity index (χ1n) is 14.9. The van der Waals surface area contributed by atoms with Gasteiger partial charge < -0.3 is 5.73 Å². The first-order valence-corrected chi connectivity index (χ1v) is 18.9. The van der Waals surface area contributed by atoms with Crippen molar-refractivity contribution in [2.24, 2.45) is 5.73 Å². The summed E-state index contributed by atoms with van der Waals surface area (Å²) in [6.07, 6.45) is 30.2. The van der Waals surface area contributed by atoms with Crippen molar-refractivity contribution in [3.8, 4) is 0 Å². The van der Waals surface area contributed by atoms with Crippen LogP contribution in [0.15, 0.2) is 23.1 Å². The van der Waals surface area contributed by atoms with Gasteiger partial charge in [-0.05, 0) is 42.9 Å². The molecule has 0 fully saturated rings. The Morgan fingerprint density at radius 1 is 0.639 bits per heavy atom. The molecular formula is C31H55MoNS3. The van der Waals surface area contributed by atoms with Crippen LogP contribution in [0, 0.1) is 0 Å². The maximum atomic E-state index is 5.90. The minimum atomic E-state index is 0.542. The van der Waals surface area contributed by atoms with Gasteiger partial charge in [-0.15, -0.1) is 0 Å². The van der Waals surface area contributed by atoms with Gasteiger partial charge in [0.2, 0.25) is 0 Å². The molecule has 0 heterocycles. The number of hydrogen-bond acceptors (Lipinski definition) is 3. The Kier molecular flexibility index (Phi) is 28.7. The summed E-state index contributed by atoms with van der Waals surface area (Å²) in [6, 6.07) is 6.77. The quantitative estimate of drug-likeness (QED) is 0.0561. The van der Waals surface area contributed by atoms with Gasteiger partial charge in [0, 0.05) is 4.90 Å². The van der Waals surface area contributed by atoms with E-state index in [2.05, 4.69) is 41.9 Å². The molecule has 0 unspecified atom stereocenters. The SMILES string of the molecule is CCCCCCCCCCCCc1cccc(SC(N)=S)c1CCCCCCCCCCCC.[S]=[Mo]. The molecule has 1 rings (SSSR count). The molecule has 0 saturated carbocycles. The fourth-order valence-electron chi connectivity index (χ4n) is 4.93. The van der Waals surface area contributed by atoms with Gasteiger partial charge in [-0.25, -0.2) is 0 Å². The van der Waals surface area contributed by atoms with Gasteiger partial charge in [-0.1, -0.05) is 166 Å². The molecule has 0 bridgehead atoms. The predicted molar refractivity (Wildman–Crippen MR) is 168 cm³/mol. The number of thioether (sulfide) groups is 1. The molecule has 0 aliphatic rings. The third-order valence-corrected chi connectivity index (χ3v) is 8.07. The fourth-order valence-corrected chi connectivity index (χ4v) is 5.91. The molecule has 5 heteroatoms. The first kappa shape index (κ1) is 36.4. The van der Waals surface area contributed by atoms with E-state index in [0.29, 0.717) is 4.32 Å². The van der Waals surface area contributed by atoms with Gasteiger partial charge in [0.1, 0.15) is 4.32 Å². The van der Waals surface area contributed by atoms with Crippen molar-refractivity contribution < 1.29 is 18.0 Å². The molecule has 0 aliphatic heterocycles. The van der Waals surface area contributed by atoms with Crippen LogP contribution in [0.3, 0.4) is 0 Å². The topological polar surface area (TPSA) is 26.0 Å². The van der Waals surface area contributed by atoms with Crippen LogP contribution in [-0.4, -0.2) is 4.32 Å². The molecule has 0 atom stereocenters. The second-order valence-electron chi connectivity index (χ2n) is 10.2. The zero-order valence-electron chi connectivity index (χ0n) is 23.5. The molecule has 0 aromatic heterocycles. The van der Waals surface area contributed by atoms with E-state index in [0.717, 1.165) is 0 Å². The van der Waals surface area contributed by atoms with Gasteiger partial charge in [0.05, 0.1) is 0 Å². The normalized spacial score (nSPS) is 10.7. The second-order valence-corrected chi connectivity index (χ2v) is 12.0. The molecule has 0 amide bonds. The van der Waals surface area contributed by atoms with Crippen LogP contribution in [0.25, 0.3) is 0 Å². The Morgan fingerprint density at radius 3 is 1.44 bits per heavy atom. The monoisotopic (exact) mass is 635 g/mol. The van der Waals surface area contributed by atoms with E-state index in [1.807, 2.05) is 0 Å². The molecule has 36 heavy (non-hydrogen) atoms. The summed E-state index contributed by atoms with van der Waals surface area (Å²) in [6.45, 7) is 4.59. The summed E-state index contributed by atoms with van der Waals surface area (Å²) in [5.74, 6) is 0. The molecule has 0 radical (unpaired) electrons. The molecule has 1 nitrogen and oxygen atoms in total. The summed E-state index contributed by atoms with van der Waals surface area (Å²) < 4.78 is 0.542. The van der Waals surface area contributed by atoms with Crippen molar-refractivity contribution in [2.75, 3.05) is 0 Å². The zero-order chi connectivity index (χ0) is 26.7. The Bertz CT molecular complexity index is 638.